The van der Waals surface area contributed by atoms with Crippen LogP contribution < -0.4 is 10.6 Å². The van der Waals surface area contributed by atoms with E-state index in [0.29, 0.717) is 6.04 Å². The van der Waals surface area contributed by atoms with Crippen molar-refractivity contribution >= 4 is 29.1 Å². The van der Waals surface area contributed by atoms with E-state index in [9.17, 15) is 0 Å². The molecule has 2 rings (SSSR count). The van der Waals surface area contributed by atoms with Gasteiger partial charge in [-0.1, -0.05) is 49.6 Å². The van der Waals surface area contributed by atoms with Gasteiger partial charge in [-0.2, -0.15) is 11.8 Å². The van der Waals surface area contributed by atoms with Crippen LogP contribution in [0.5, 0.6) is 0 Å². The second-order valence-electron chi connectivity index (χ2n) is 5.27. The minimum absolute atomic E-state index is 0.598. The number of hydrogen-bond acceptors (Lipinski definition) is 2. The molecule has 0 radical (unpaired) electrons. The highest BCUT2D eigenvalue weighted by Gasteiger charge is 2.13. The molecule has 2 N–H and O–H groups in total. The summed E-state index contributed by atoms with van der Waals surface area (Å²) in [6.07, 6.45) is 6.60. The van der Waals surface area contributed by atoms with Gasteiger partial charge >= 0.3 is 0 Å². The molecule has 0 spiro atoms. The Labute approximate surface area is 132 Å². The molecule has 1 aliphatic carbocycles. The van der Waals surface area contributed by atoms with Gasteiger partial charge in [0, 0.05) is 24.1 Å². The van der Waals surface area contributed by atoms with Gasteiger partial charge in [-0.3, -0.25) is 0 Å². The third-order valence-corrected chi connectivity index (χ3v) is 4.88. The van der Waals surface area contributed by atoms with Crippen molar-refractivity contribution in [2.45, 2.75) is 43.9 Å². The molecule has 1 aromatic carbocycles. The van der Waals surface area contributed by atoms with E-state index in [4.69, 9.17) is 12.2 Å². The second-order valence-corrected chi connectivity index (χ2v) is 6.79. The largest absolute Gasteiger partial charge is 0.362 e. The summed E-state index contributed by atoms with van der Waals surface area (Å²) in [5.74, 6) is 2.16. The van der Waals surface area contributed by atoms with Crippen LogP contribution in [0.2, 0.25) is 0 Å². The summed E-state index contributed by atoms with van der Waals surface area (Å²) in [5, 5.41) is 7.58. The van der Waals surface area contributed by atoms with Crippen LogP contribution in [0.3, 0.4) is 0 Å². The molecule has 20 heavy (non-hydrogen) atoms. The Morgan fingerprint density at radius 1 is 1.15 bits per heavy atom. The lowest BCUT2D eigenvalue weighted by atomic mass is 9.96. The third kappa shape index (κ3) is 6.14. The fourth-order valence-electron chi connectivity index (χ4n) is 2.48. The standard InChI is InChI=1S/C16H24N2S2/c19-16(18-15-9-5-2-6-10-15)17-11-12-20-13-14-7-3-1-4-8-14/h1,3-4,7-8,15H,2,5-6,9-13H2,(H2,17,18,19). The molecule has 0 amide bonds. The Bertz CT molecular complexity index is 389. The van der Waals surface area contributed by atoms with Crippen molar-refractivity contribution in [1.82, 2.24) is 10.6 Å². The van der Waals surface area contributed by atoms with Gasteiger partial charge in [0.25, 0.3) is 0 Å². The van der Waals surface area contributed by atoms with E-state index >= 15 is 0 Å². The summed E-state index contributed by atoms with van der Waals surface area (Å²) >= 11 is 7.29. The third-order valence-electron chi connectivity index (χ3n) is 3.58. The summed E-state index contributed by atoms with van der Waals surface area (Å²) < 4.78 is 0. The molecule has 2 nitrogen and oxygen atoms in total. The predicted molar refractivity (Wildman–Crippen MR) is 93.2 cm³/mol. The van der Waals surface area contributed by atoms with E-state index in [0.717, 1.165) is 23.2 Å². The fourth-order valence-corrected chi connectivity index (χ4v) is 3.57. The highest BCUT2D eigenvalue weighted by atomic mass is 32.2. The molecule has 1 saturated carbocycles. The van der Waals surface area contributed by atoms with Crippen molar-refractivity contribution in [2.75, 3.05) is 12.3 Å². The Morgan fingerprint density at radius 2 is 1.90 bits per heavy atom. The maximum Gasteiger partial charge on any atom is 0.166 e. The molecule has 1 fully saturated rings. The van der Waals surface area contributed by atoms with Crippen molar-refractivity contribution in [3.63, 3.8) is 0 Å². The van der Waals surface area contributed by atoms with Gasteiger partial charge in [0.2, 0.25) is 0 Å². The van der Waals surface area contributed by atoms with Crippen LogP contribution in [0.15, 0.2) is 30.3 Å². The average Bonchev–Trinajstić information content (AvgIpc) is 2.49. The highest BCUT2D eigenvalue weighted by molar-refractivity contribution is 7.98. The van der Waals surface area contributed by atoms with Crippen LogP contribution in [0.4, 0.5) is 0 Å². The molecule has 0 atom stereocenters. The monoisotopic (exact) mass is 308 g/mol. The molecule has 0 aromatic heterocycles. The predicted octanol–water partition coefficient (Wildman–Crippen LogP) is 3.72. The highest BCUT2D eigenvalue weighted by Crippen LogP contribution is 2.17. The van der Waals surface area contributed by atoms with E-state index in [-0.39, 0.29) is 0 Å². The van der Waals surface area contributed by atoms with Crippen LogP contribution in [-0.2, 0) is 5.75 Å². The van der Waals surface area contributed by atoms with Crippen LogP contribution in [0.1, 0.15) is 37.7 Å². The van der Waals surface area contributed by atoms with Crippen LogP contribution in [0, 0.1) is 0 Å². The smallest absolute Gasteiger partial charge is 0.166 e. The first-order valence-electron chi connectivity index (χ1n) is 7.50. The lowest BCUT2D eigenvalue weighted by Gasteiger charge is -2.24. The topological polar surface area (TPSA) is 24.1 Å². The van der Waals surface area contributed by atoms with E-state index in [1.54, 1.807) is 0 Å². The zero-order valence-electron chi connectivity index (χ0n) is 11.9. The number of rotatable bonds is 6. The molecular formula is C16H24N2S2. The summed E-state index contributed by atoms with van der Waals surface area (Å²) in [4.78, 5) is 0. The molecule has 0 unspecified atom stereocenters. The lowest BCUT2D eigenvalue weighted by molar-refractivity contribution is 0.412. The summed E-state index contributed by atoms with van der Waals surface area (Å²) in [6.45, 7) is 0.941. The quantitative estimate of drug-likeness (QED) is 0.618. The molecule has 0 bridgehead atoms. The Kier molecular flexibility index (Phi) is 7.23. The Morgan fingerprint density at radius 3 is 2.65 bits per heavy atom. The van der Waals surface area contributed by atoms with E-state index in [2.05, 4.69) is 41.0 Å². The van der Waals surface area contributed by atoms with Crippen LogP contribution in [-0.4, -0.2) is 23.5 Å². The SMILES string of the molecule is S=C(NCCSCc1ccccc1)NC1CCCCC1. The summed E-state index contributed by atoms with van der Waals surface area (Å²) in [5.41, 5.74) is 1.39. The van der Waals surface area contributed by atoms with Crippen molar-refractivity contribution in [1.29, 1.82) is 0 Å². The maximum atomic E-state index is 5.35. The molecule has 0 saturated heterocycles. The zero-order valence-corrected chi connectivity index (χ0v) is 13.6. The summed E-state index contributed by atoms with van der Waals surface area (Å²) in [7, 11) is 0. The average molecular weight is 309 g/mol. The molecular weight excluding hydrogens is 284 g/mol. The number of thiocarbonyl (C=S) groups is 1. The minimum Gasteiger partial charge on any atom is -0.362 e. The molecule has 0 aliphatic heterocycles. The van der Waals surface area contributed by atoms with Crippen molar-refractivity contribution in [3.05, 3.63) is 35.9 Å². The van der Waals surface area contributed by atoms with Gasteiger partial charge in [0.15, 0.2) is 5.11 Å². The molecule has 4 heteroatoms. The molecule has 1 aliphatic rings. The lowest BCUT2D eigenvalue weighted by Crippen LogP contribution is -2.43. The van der Waals surface area contributed by atoms with Gasteiger partial charge < -0.3 is 10.6 Å². The molecule has 1 aromatic rings. The normalized spacial score (nSPS) is 15.8. The van der Waals surface area contributed by atoms with Gasteiger partial charge in [-0.15, -0.1) is 0 Å². The Hall–Kier alpha value is -0.740. The Balaban J connectivity index is 1.51. The maximum absolute atomic E-state index is 5.35. The number of hydrogen-bond donors (Lipinski definition) is 2. The zero-order chi connectivity index (χ0) is 14.0. The molecule has 0 heterocycles. The van der Waals surface area contributed by atoms with Crippen LogP contribution in [0.25, 0.3) is 0 Å². The van der Waals surface area contributed by atoms with Gasteiger partial charge in [-0.05, 0) is 30.6 Å². The van der Waals surface area contributed by atoms with E-state index in [1.807, 2.05) is 11.8 Å². The first kappa shape index (κ1) is 15.6. The van der Waals surface area contributed by atoms with Crippen molar-refractivity contribution < 1.29 is 0 Å². The second kappa shape index (κ2) is 9.24. The molecule has 110 valence electrons. The number of benzene rings is 1. The fraction of sp³-hybridized carbons (Fsp3) is 0.562. The summed E-state index contributed by atoms with van der Waals surface area (Å²) in [6, 6.07) is 11.2. The number of nitrogens with one attached hydrogen (secondary N) is 2. The van der Waals surface area contributed by atoms with Crippen LogP contribution >= 0.6 is 24.0 Å². The van der Waals surface area contributed by atoms with Crippen molar-refractivity contribution in [2.24, 2.45) is 0 Å². The minimum atomic E-state index is 0.598. The number of thioether (sulfide) groups is 1. The van der Waals surface area contributed by atoms with E-state index in [1.165, 1.54) is 37.7 Å². The first-order chi connectivity index (χ1) is 9.84. The van der Waals surface area contributed by atoms with Gasteiger partial charge in [-0.25, -0.2) is 0 Å². The van der Waals surface area contributed by atoms with Crippen molar-refractivity contribution in [3.8, 4) is 0 Å². The first-order valence-corrected chi connectivity index (χ1v) is 9.07. The van der Waals surface area contributed by atoms with E-state index < -0.39 is 0 Å². The van der Waals surface area contributed by atoms with Gasteiger partial charge in [0.05, 0.1) is 0 Å². The van der Waals surface area contributed by atoms with Gasteiger partial charge in [0.1, 0.15) is 0 Å².